The van der Waals surface area contributed by atoms with Crippen LogP contribution in [0.1, 0.15) is 29.8 Å². The molecule has 124 valence electrons. The van der Waals surface area contributed by atoms with Crippen molar-refractivity contribution in [3.05, 3.63) is 42.1 Å². The summed E-state index contributed by atoms with van der Waals surface area (Å²) in [5.41, 5.74) is 2.13. The van der Waals surface area contributed by atoms with Gasteiger partial charge in [0.25, 0.3) is 5.91 Å². The molecule has 1 aliphatic heterocycles. The van der Waals surface area contributed by atoms with Gasteiger partial charge in [0.15, 0.2) is 0 Å². The first-order valence-corrected chi connectivity index (χ1v) is 8.22. The molecule has 1 spiro atoms. The number of piperidine rings is 1. The zero-order valence-corrected chi connectivity index (χ0v) is 13.2. The number of amides is 1. The third-order valence-electron chi connectivity index (χ3n) is 5.41. The van der Waals surface area contributed by atoms with E-state index in [9.17, 15) is 9.59 Å². The minimum atomic E-state index is -0.698. The number of benzene rings is 1. The number of hydrogen-bond acceptors (Lipinski definition) is 3. The first-order chi connectivity index (χ1) is 11.6. The quantitative estimate of drug-likeness (QED) is 0.907. The maximum Gasteiger partial charge on any atom is 0.307 e. The summed E-state index contributed by atoms with van der Waals surface area (Å²) in [5.74, 6) is -0.977. The highest BCUT2D eigenvalue weighted by Crippen LogP contribution is 2.59. The second kappa shape index (κ2) is 5.47. The summed E-state index contributed by atoms with van der Waals surface area (Å²) in [4.78, 5) is 25.5. The Morgan fingerprint density at radius 3 is 2.54 bits per heavy atom. The van der Waals surface area contributed by atoms with E-state index in [2.05, 4.69) is 10.2 Å². The normalized spacial score (nSPS) is 21.7. The highest BCUT2D eigenvalue weighted by atomic mass is 16.4. The molecule has 6 heteroatoms. The van der Waals surface area contributed by atoms with Crippen LogP contribution in [0.3, 0.4) is 0 Å². The third-order valence-corrected chi connectivity index (χ3v) is 5.41. The van der Waals surface area contributed by atoms with Crippen molar-refractivity contribution in [2.75, 3.05) is 13.1 Å². The lowest BCUT2D eigenvalue weighted by atomic mass is 9.90. The Kier molecular flexibility index (Phi) is 3.40. The van der Waals surface area contributed by atoms with Crippen LogP contribution in [0.25, 0.3) is 11.3 Å². The fourth-order valence-electron chi connectivity index (χ4n) is 3.76. The fourth-order valence-corrected chi connectivity index (χ4v) is 3.76. The molecule has 0 radical (unpaired) electrons. The molecule has 2 aliphatic rings. The maximum absolute atomic E-state index is 12.6. The molecule has 2 fully saturated rings. The number of carboxylic acids is 1. The van der Waals surface area contributed by atoms with Crippen LogP contribution in [-0.2, 0) is 4.79 Å². The summed E-state index contributed by atoms with van der Waals surface area (Å²) >= 11 is 0. The lowest BCUT2D eigenvalue weighted by molar-refractivity contribution is -0.139. The van der Waals surface area contributed by atoms with Gasteiger partial charge >= 0.3 is 5.97 Å². The number of aliphatic carboxylic acids is 1. The number of hydrogen-bond donors (Lipinski definition) is 2. The van der Waals surface area contributed by atoms with E-state index in [4.69, 9.17) is 5.11 Å². The van der Waals surface area contributed by atoms with Crippen molar-refractivity contribution in [2.24, 2.45) is 11.3 Å². The van der Waals surface area contributed by atoms with E-state index >= 15 is 0 Å². The zero-order valence-electron chi connectivity index (χ0n) is 13.2. The summed E-state index contributed by atoms with van der Waals surface area (Å²) in [6.45, 7) is 1.23. The Bertz CT molecular complexity index is 776. The average Bonchev–Trinajstić information content (AvgIpc) is 3.09. The topological polar surface area (TPSA) is 86.3 Å². The van der Waals surface area contributed by atoms with Gasteiger partial charge in [-0.25, -0.2) is 0 Å². The van der Waals surface area contributed by atoms with E-state index in [1.165, 1.54) is 0 Å². The minimum Gasteiger partial charge on any atom is -0.481 e. The fraction of sp³-hybridized carbons (Fsp3) is 0.389. The first-order valence-electron chi connectivity index (χ1n) is 8.22. The average molecular weight is 325 g/mol. The lowest BCUT2D eigenvalue weighted by Crippen LogP contribution is -2.40. The van der Waals surface area contributed by atoms with Crippen LogP contribution in [0.4, 0.5) is 0 Å². The second-order valence-electron chi connectivity index (χ2n) is 6.78. The molecule has 1 saturated heterocycles. The Balaban J connectivity index is 1.43. The monoisotopic (exact) mass is 325 g/mol. The molecule has 1 unspecified atom stereocenters. The number of nitrogens with one attached hydrogen (secondary N) is 1. The van der Waals surface area contributed by atoms with Gasteiger partial charge in [0.2, 0.25) is 0 Å². The van der Waals surface area contributed by atoms with Gasteiger partial charge in [0.1, 0.15) is 5.69 Å². The molecule has 1 aromatic heterocycles. The van der Waals surface area contributed by atoms with E-state index < -0.39 is 5.97 Å². The molecule has 1 amide bonds. The molecule has 1 aromatic carbocycles. The van der Waals surface area contributed by atoms with Crippen molar-refractivity contribution in [1.82, 2.24) is 15.1 Å². The molecule has 4 rings (SSSR count). The Hall–Kier alpha value is -2.63. The number of carbonyl (C=O) groups is 2. The van der Waals surface area contributed by atoms with Gasteiger partial charge in [0, 0.05) is 18.7 Å². The SMILES string of the molecule is O=C(O)C1CC12CCN(C(=O)c1cc(-c3ccccc3)n[nH]1)CC2. The minimum absolute atomic E-state index is 0.0629. The van der Waals surface area contributed by atoms with Crippen molar-refractivity contribution in [2.45, 2.75) is 19.3 Å². The highest BCUT2D eigenvalue weighted by Gasteiger charge is 2.59. The molecule has 24 heavy (non-hydrogen) atoms. The van der Waals surface area contributed by atoms with Gasteiger partial charge in [-0.05, 0) is 30.7 Å². The predicted molar refractivity (Wildman–Crippen MR) is 87.3 cm³/mol. The van der Waals surface area contributed by atoms with E-state index in [1.807, 2.05) is 30.3 Å². The van der Waals surface area contributed by atoms with Gasteiger partial charge in [-0.15, -0.1) is 0 Å². The molecule has 0 bridgehead atoms. The Morgan fingerprint density at radius 2 is 1.92 bits per heavy atom. The van der Waals surface area contributed by atoms with Gasteiger partial charge in [0.05, 0.1) is 11.6 Å². The number of rotatable bonds is 3. The maximum atomic E-state index is 12.6. The van der Waals surface area contributed by atoms with Crippen molar-refractivity contribution in [1.29, 1.82) is 0 Å². The molecule has 2 heterocycles. The highest BCUT2D eigenvalue weighted by molar-refractivity contribution is 5.93. The predicted octanol–water partition coefficient (Wildman–Crippen LogP) is 2.40. The van der Waals surface area contributed by atoms with E-state index in [-0.39, 0.29) is 17.2 Å². The molecular weight excluding hydrogens is 306 g/mol. The molecular formula is C18H19N3O3. The number of likely N-dealkylation sites (tertiary alicyclic amines) is 1. The van der Waals surface area contributed by atoms with Crippen molar-refractivity contribution < 1.29 is 14.7 Å². The number of nitrogens with zero attached hydrogens (tertiary/aromatic N) is 2. The summed E-state index contributed by atoms with van der Waals surface area (Å²) in [5, 5.41) is 16.2. The second-order valence-corrected chi connectivity index (χ2v) is 6.78. The molecule has 6 nitrogen and oxygen atoms in total. The first kappa shape index (κ1) is 14.9. The third kappa shape index (κ3) is 2.48. The van der Waals surface area contributed by atoms with Crippen LogP contribution < -0.4 is 0 Å². The van der Waals surface area contributed by atoms with Crippen LogP contribution >= 0.6 is 0 Å². The lowest BCUT2D eigenvalue weighted by Gasteiger charge is -2.32. The molecule has 1 aliphatic carbocycles. The van der Waals surface area contributed by atoms with Crippen LogP contribution in [0.15, 0.2) is 36.4 Å². The summed E-state index contributed by atoms with van der Waals surface area (Å²) < 4.78 is 0. The van der Waals surface area contributed by atoms with Crippen molar-refractivity contribution >= 4 is 11.9 Å². The molecule has 1 atom stereocenters. The van der Waals surface area contributed by atoms with Gasteiger partial charge in [-0.2, -0.15) is 5.10 Å². The number of carbonyl (C=O) groups excluding carboxylic acids is 1. The van der Waals surface area contributed by atoms with Crippen LogP contribution in [0, 0.1) is 11.3 Å². The van der Waals surface area contributed by atoms with Gasteiger partial charge < -0.3 is 10.0 Å². The van der Waals surface area contributed by atoms with Gasteiger partial charge in [-0.3, -0.25) is 14.7 Å². The molecule has 1 saturated carbocycles. The number of aromatic amines is 1. The van der Waals surface area contributed by atoms with E-state index in [0.29, 0.717) is 18.8 Å². The summed E-state index contributed by atoms with van der Waals surface area (Å²) in [6.07, 6.45) is 2.30. The number of carboxylic acid groups (broad SMARTS) is 1. The Morgan fingerprint density at radius 1 is 1.21 bits per heavy atom. The standard InChI is InChI=1S/C18H19N3O3/c22-16(15-10-14(19-20-15)12-4-2-1-3-5-12)21-8-6-18(7-9-21)11-13(18)17(23)24/h1-5,10,13H,6-9,11H2,(H,19,20)(H,23,24). The van der Waals surface area contributed by atoms with Gasteiger partial charge in [-0.1, -0.05) is 30.3 Å². The van der Waals surface area contributed by atoms with E-state index in [1.54, 1.807) is 11.0 Å². The van der Waals surface area contributed by atoms with Crippen LogP contribution in [-0.4, -0.2) is 45.2 Å². The molecule has 2 N–H and O–H groups in total. The molecule has 2 aromatic rings. The summed E-state index contributed by atoms with van der Waals surface area (Å²) in [6, 6.07) is 11.5. The largest absolute Gasteiger partial charge is 0.481 e. The van der Waals surface area contributed by atoms with Crippen LogP contribution in [0.5, 0.6) is 0 Å². The summed E-state index contributed by atoms with van der Waals surface area (Å²) in [7, 11) is 0. The Labute approximate surface area is 139 Å². The zero-order chi connectivity index (χ0) is 16.7. The van der Waals surface area contributed by atoms with Crippen molar-refractivity contribution in [3.8, 4) is 11.3 Å². The number of aromatic nitrogens is 2. The van der Waals surface area contributed by atoms with Crippen molar-refractivity contribution in [3.63, 3.8) is 0 Å². The smallest absolute Gasteiger partial charge is 0.307 e. The number of H-pyrrole nitrogens is 1. The van der Waals surface area contributed by atoms with Crippen LogP contribution in [0.2, 0.25) is 0 Å². The van der Waals surface area contributed by atoms with E-state index in [0.717, 1.165) is 30.5 Å².